The zero-order valence-corrected chi connectivity index (χ0v) is 22.6. The Balaban J connectivity index is 1.22. The van der Waals surface area contributed by atoms with Gasteiger partial charge in [-0.2, -0.15) is 37.7 Å². The zero-order valence-electron chi connectivity index (χ0n) is 21.7. The van der Waals surface area contributed by atoms with Crippen molar-refractivity contribution in [2.24, 2.45) is 5.41 Å². The van der Waals surface area contributed by atoms with Crippen LogP contribution in [0.2, 0.25) is 0 Å². The molecule has 1 atom stereocenters. The van der Waals surface area contributed by atoms with Gasteiger partial charge < -0.3 is 10.2 Å². The van der Waals surface area contributed by atoms with E-state index in [1.54, 1.807) is 0 Å². The van der Waals surface area contributed by atoms with Gasteiger partial charge in [0.25, 0.3) is 0 Å². The summed E-state index contributed by atoms with van der Waals surface area (Å²) in [7, 11) is 0. The average molecular weight is 581 g/mol. The molecular formula is C30H30F6N2OS. The van der Waals surface area contributed by atoms with E-state index in [2.05, 4.69) is 34.5 Å². The Kier molecular flexibility index (Phi) is 8.03. The van der Waals surface area contributed by atoms with Gasteiger partial charge in [0.1, 0.15) is 0 Å². The fourth-order valence-electron chi connectivity index (χ4n) is 5.97. The summed E-state index contributed by atoms with van der Waals surface area (Å²) in [5.74, 6) is -0.976. The van der Waals surface area contributed by atoms with E-state index in [0.717, 1.165) is 44.3 Å². The lowest BCUT2D eigenvalue weighted by Gasteiger charge is -2.40. The largest absolute Gasteiger partial charge is 0.416 e. The van der Waals surface area contributed by atoms with E-state index in [1.165, 1.54) is 22.5 Å². The molecule has 1 saturated heterocycles. The van der Waals surface area contributed by atoms with Gasteiger partial charge in [0, 0.05) is 12.0 Å². The molecule has 1 amide bonds. The van der Waals surface area contributed by atoms with Crippen molar-refractivity contribution in [2.45, 2.75) is 56.9 Å². The van der Waals surface area contributed by atoms with Crippen molar-refractivity contribution in [1.29, 1.82) is 0 Å². The first kappa shape index (κ1) is 28.7. The predicted octanol–water partition coefficient (Wildman–Crippen LogP) is 7.87. The number of thiophene rings is 1. The molecule has 3 aliphatic rings. The first-order valence-corrected chi connectivity index (χ1v) is 14.3. The molecule has 40 heavy (non-hydrogen) atoms. The number of hydrogen-bond acceptors (Lipinski definition) is 3. The summed E-state index contributed by atoms with van der Waals surface area (Å²) in [5.41, 5.74) is 0.714. The lowest BCUT2D eigenvalue weighted by Crippen LogP contribution is -2.41. The molecule has 1 fully saturated rings. The average Bonchev–Trinajstić information content (AvgIpc) is 3.57. The van der Waals surface area contributed by atoms with Gasteiger partial charge in [-0.1, -0.05) is 24.3 Å². The number of hydrogen-bond donors (Lipinski definition) is 1. The number of nitrogens with one attached hydrogen (secondary N) is 1. The van der Waals surface area contributed by atoms with Gasteiger partial charge in [-0.05, 0) is 109 Å². The number of benzene rings is 1. The molecule has 2 aromatic rings. The standard InChI is InChI=1S/C30H30F6N2OS/c31-29(32,33)23-15-20(16-24(17-23)30(34,35)36)18-37-27(39)25(22-7-14-40-19-22)6-11-38-12-9-28(10-13-38)8-5-21-3-1-2-4-26(21)28/h2,4-5,7-8,14-17,19,25H,1,3,6,9-13,18H2,(H,37,39). The molecule has 1 aliphatic heterocycles. The normalized spacial score (nSPS) is 19.8. The predicted molar refractivity (Wildman–Crippen MR) is 143 cm³/mol. The lowest BCUT2D eigenvalue weighted by atomic mass is 9.72. The van der Waals surface area contributed by atoms with Crippen LogP contribution < -0.4 is 5.32 Å². The fraction of sp³-hybridized carbons (Fsp3) is 0.433. The minimum absolute atomic E-state index is 0.0888. The van der Waals surface area contributed by atoms with Crippen LogP contribution in [0.1, 0.15) is 60.3 Å². The Morgan fingerprint density at radius 3 is 2.35 bits per heavy atom. The zero-order chi connectivity index (χ0) is 28.5. The van der Waals surface area contributed by atoms with Crippen LogP contribution in [0.25, 0.3) is 0 Å². The third kappa shape index (κ3) is 6.22. The van der Waals surface area contributed by atoms with Crippen molar-refractivity contribution < 1.29 is 31.1 Å². The number of halogens is 6. The number of allylic oxidation sites excluding steroid dienone is 6. The summed E-state index contributed by atoms with van der Waals surface area (Å²) in [4.78, 5) is 15.6. The van der Waals surface area contributed by atoms with Crippen molar-refractivity contribution in [1.82, 2.24) is 10.2 Å². The van der Waals surface area contributed by atoms with Crippen LogP contribution in [0, 0.1) is 5.41 Å². The maximum atomic E-state index is 13.2. The Bertz CT molecular complexity index is 1280. The number of likely N-dealkylation sites (tertiary alicyclic amines) is 1. The number of carbonyl (C=O) groups is 1. The van der Waals surface area contributed by atoms with Crippen molar-refractivity contribution in [3.8, 4) is 0 Å². The first-order valence-electron chi connectivity index (χ1n) is 13.3. The molecule has 1 aromatic heterocycles. The molecule has 1 N–H and O–H groups in total. The number of carbonyl (C=O) groups excluding carboxylic acids is 1. The van der Waals surface area contributed by atoms with E-state index >= 15 is 0 Å². The quantitative estimate of drug-likeness (QED) is 0.338. The van der Waals surface area contributed by atoms with Crippen LogP contribution in [-0.4, -0.2) is 30.4 Å². The summed E-state index contributed by atoms with van der Waals surface area (Å²) in [6, 6.07) is 3.22. The van der Waals surface area contributed by atoms with Gasteiger partial charge >= 0.3 is 12.4 Å². The van der Waals surface area contributed by atoms with E-state index in [1.807, 2.05) is 16.8 Å². The number of alkyl halides is 6. The van der Waals surface area contributed by atoms with Crippen LogP contribution in [0.15, 0.2) is 70.5 Å². The Hall–Kier alpha value is -2.85. The van der Waals surface area contributed by atoms with Crippen LogP contribution in [-0.2, 0) is 23.7 Å². The van der Waals surface area contributed by atoms with Gasteiger partial charge in [-0.25, -0.2) is 0 Å². The van der Waals surface area contributed by atoms with Crippen LogP contribution in [0.5, 0.6) is 0 Å². The summed E-state index contributed by atoms with van der Waals surface area (Å²) in [6.07, 6.45) is 3.92. The van der Waals surface area contributed by atoms with Crippen LogP contribution in [0.3, 0.4) is 0 Å². The second-order valence-electron chi connectivity index (χ2n) is 10.7. The molecule has 1 spiro atoms. The smallest absolute Gasteiger partial charge is 0.351 e. The van der Waals surface area contributed by atoms with Crippen molar-refractivity contribution in [3.63, 3.8) is 0 Å². The molecule has 3 nitrogen and oxygen atoms in total. The second kappa shape index (κ2) is 11.2. The SMILES string of the molecule is O=C(NCc1cc(C(F)(F)F)cc(C(F)(F)F)c1)C(CCN1CCC2(C=CC3=C2C=CCC3)CC1)c1ccsc1. The van der Waals surface area contributed by atoms with Gasteiger partial charge in [-0.3, -0.25) is 4.79 Å². The second-order valence-corrected chi connectivity index (χ2v) is 11.5. The third-order valence-electron chi connectivity index (χ3n) is 8.21. The topological polar surface area (TPSA) is 32.3 Å². The fourth-order valence-corrected chi connectivity index (χ4v) is 6.68. The maximum Gasteiger partial charge on any atom is 0.416 e. The molecule has 0 bridgehead atoms. The Morgan fingerprint density at radius 2 is 1.73 bits per heavy atom. The van der Waals surface area contributed by atoms with Gasteiger partial charge in [-0.15, -0.1) is 0 Å². The van der Waals surface area contributed by atoms with Crippen molar-refractivity contribution >= 4 is 17.2 Å². The summed E-state index contributed by atoms with van der Waals surface area (Å²) in [5, 5.41) is 6.29. The highest BCUT2D eigenvalue weighted by molar-refractivity contribution is 7.08. The molecule has 10 heteroatoms. The molecule has 214 valence electrons. The van der Waals surface area contributed by atoms with Crippen LogP contribution in [0.4, 0.5) is 26.3 Å². The minimum atomic E-state index is -4.94. The van der Waals surface area contributed by atoms with Crippen LogP contribution >= 0.6 is 11.3 Å². The van der Waals surface area contributed by atoms with E-state index < -0.39 is 41.8 Å². The number of nitrogens with zero attached hydrogens (tertiary/aromatic N) is 1. The highest BCUT2D eigenvalue weighted by Crippen LogP contribution is 2.48. The minimum Gasteiger partial charge on any atom is -0.351 e. The van der Waals surface area contributed by atoms with E-state index in [-0.39, 0.29) is 17.0 Å². The third-order valence-corrected chi connectivity index (χ3v) is 8.91. The molecular weight excluding hydrogens is 550 g/mol. The molecule has 2 aliphatic carbocycles. The number of amides is 1. The van der Waals surface area contributed by atoms with Gasteiger partial charge in [0.15, 0.2) is 0 Å². The summed E-state index contributed by atoms with van der Waals surface area (Å²) in [6.45, 7) is 2.00. The Labute approximate surface area is 233 Å². The molecule has 5 rings (SSSR count). The Morgan fingerprint density at radius 1 is 1.02 bits per heavy atom. The van der Waals surface area contributed by atoms with Crippen molar-refractivity contribution in [3.05, 3.63) is 92.7 Å². The van der Waals surface area contributed by atoms with Crippen molar-refractivity contribution in [2.75, 3.05) is 19.6 Å². The van der Waals surface area contributed by atoms with E-state index in [9.17, 15) is 31.1 Å². The number of piperidine rings is 1. The maximum absolute atomic E-state index is 13.2. The molecule has 1 aromatic carbocycles. The lowest BCUT2D eigenvalue weighted by molar-refractivity contribution is -0.143. The summed E-state index contributed by atoms with van der Waals surface area (Å²) < 4.78 is 79.4. The highest BCUT2D eigenvalue weighted by Gasteiger charge is 2.40. The highest BCUT2D eigenvalue weighted by atomic mass is 32.1. The molecule has 1 unspecified atom stereocenters. The van der Waals surface area contributed by atoms with E-state index in [0.29, 0.717) is 25.1 Å². The summed E-state index contributed by atoms with van der Waals surface area (Å²) >= 11 is 1.43. The molecule has 0 radical (unpaired) electrons. The first-order chi connectivity index (χ1) is 18.9. The van der Waals surface area contributed by atoms with E-state index in [4.69, 9.17) is 0 Å². The molecule has 2 heterocycles. The number of fused-ring (bicyclic) bond motifs is 1. The molecule has 0 saturated carbocycles. The van der Waals surface area contributed by atoms with Gasteiger partial charge in [0.2, 0.25) is 5.91 Å². The van der Waals surface area contributed by atoms with Gasteiger partial charge in [0.05, 0.1) is 17.0 Å². The number of rotatable bonds is 7. The monoisotopic (exact) mass is 580 g/mol.